The predicted octanol–water partition coefficient (Wildman–Crippen LogP) is 4.79. The summed E-state index contributed by atoms with van der Waals surface area (Å²) < 4.78 is 0.820. The lowest BCUT2D eigenvalue weighted by atomic mass is 9.74. The van der Waals surface area contributed by atoms with Crippen molar-refractivity contribution in [2.75, 3.05) is 5.01 Å². The average molecular weight is 471 g/mol. The van der Waals surface area contributed by atoms with Gasteiger partial charge >= 0.3 is 5.97 Å². The lowest BCUT2D eigenvalue weighted by Crippen LogP contribution is -2.41. The van der Waals surface area contributed by atoms with Crippen LogP contribution in [-0.2, 0) is 9.59 Å². The predicted molar refractivity (Wildman–Crippen MR) is 119 cm³/mol. The van der Waals surface area contributed by atoms with Crippen molar-refractivity contribution in [2.24, 2.45) is 22.4 Å². The highest BCUT2D eigenvalue weighted by molar-refractivity contribution is 9.10. The quantitative estimate of drug-likeness (QED) is 0.614. The van der Waals surface area contributed by atoms with E-state index in [1.165, 1.54) is 5.01 Å². The monoisotopic (exact) mass is 470 g/mol. The highest BCUT2D eigenvalue weighted by atomic mass is 79.9. The normalized spacial score (nSPS) is 17.6. The number of hydrogen-bond acceptors (Lipinski definition) is 4. The van der Waals surface area contributed by atoms with Crippen molar-refractivity contribution in [2.45, 2.75) is 27.2 Å². The Bertz CT molecular complexity index is 994. The van der Waals surface area contributed by atoms with Crippen molar-refractivity contribution in [3.63, 3.8) is 0 Å². The molecule has 156 valence electrons. The Kier molecular flexibility index (Phi) is 6.22. The third-order valence-electron chi connectivity index (χ3n) is 5.04. The average Bonchev–Trinajstić information content (AvgIpc) is 3.04. The number of carbonyl (C=O) groups excluding carboxylic acids is 2. The maximum atomic E-state index is 13.3. The van der Waals surface area contributed by atoms with Crippen molar-refractivity contribution in [1.82, 2.24) is 0 Å². The van der Waals surface area contributed by atoms with Crippen molar-refractivity contribution < 1.29 is 19.5 Å². The summed E-state index contributed by atoms with van der Waals surface area (Å²) >= 11 is 3.32. The summed E-state index contributed by atoms with van der Waals surface area (Å²) in [6.45, 7) is 5.65. The largest absolute Gasteiger partial charge is 0.481 e. The zero-order valence-corrected chi connectivity index (χ0v) is 18.6. The first-order valence-corrected chi connectivity index (χ1v) is 10.4. The van der Waals surface area contributed by atoms with Gasteiger partial charge in [0, 0.05) is 21.9 Å². The summed E-state index contributed by atoms with van der Waals surface area (Å²) in [4.78, 5) is 38.3. The second-order valence-corrected chi connectivity index (χ2v) is 9.19. The summed E-state index contributed by atoms with van der Waals surface area (Å²) in [6, 6.07) is 15.6. The van der Waals surface area contributed by atoms with Gasteiger partial charge in [-0.2, -0.15) is 5.10 Å². The first-order chi connectivity index (χ1) is 14.1. The van der Waals surface area contributed by atoms with E-state index in [1.807, 2.05) is 26.8 Å². The molecule has 0 spiro atoms. The molecule has 1 aliphatic rings. The maximum absolute atomic E-state index is 13.3. The Labute approximate surface area is 183 Å². The van der Waals surface area contributed by atoms with Crippen LogP contribution in [0.4, 0.5) is 5.69 Å². The molecule has 2 aromatic rings. The number of Topliss-reactive ketones (excluding diaryl/α,β-unsaturated/α-hetero) is 1. The molecule has 2 atom stereocenters. The lowest BCUT2D eigenvalue weighted by molar-refractivity contribution is -0.144. The summed E-state index contributed by atoms with van der Waals surface area (Å²) in [5.74, 6) is -4.16. The number of anilines is 1. The number of carboxylic acid groups (broad SMARTS) is 1. The minimum Gasteiger partial charge on any atom is -0.481 e. The molecule has 2 aromatic carbocycles. The molecule has 0 fully saturated rings. The van der Waals surface area contributed by atoms with E-state index in [9.17, 15) is 19.5 Å². The minimum absolute atomic E-state index is 0.287. The van der Waals surface area contributed by atoms with E-state index in [0.29, 0.717) is 17.0 Å². The number of amides is 1. The number of halogens is 1. The third-order valence-corrected chi connectivity index (χ3v) is 5.57. The van der Waals surface area contributed by atoms with Crippen LogP contribution < -0.4 is 5.01 Å². The van der Waals surface area contributed by atoms with Gasteiger partial charge < -0.3 is 5.11 Å². The number of aliphatic carboxylic acids is 1. The highest BCUT2D eigenvalue weighted by Gasteiger charge is 2.48. The molecule has 30 heavy (non-hydrogen) atoms. The molecule has 0 saturated heterocycles. The molecule has 0 aromatic heterocycles. The van der Waals surface area contributed by atoms with Gasteiger partial charge in [0.2, 0.25) is 0 Å². The number of ketones is 1. The van der Waals surface area contributed by atoms with Crippen LogP contribution in [0, 0.1) is 17.3 Å². The Balaban J connectivity index is 1.96. The molecule has 1 N–H and O–H groups in total. The number of benzene rings is 2. The fraction of sp³-hybridized carbons (Fsp3) is 0.304. The van der Waals surface area contributed by atoms with Crippen molar-refractivity contribution in [1.29, 1.82) is 0 Å². The Morgan fingerprint density at radius 3 is 2.23 bits per heavy atom. The second kappa shape index (κ2) is 8.52. The molecule has 0 saturated carbocycles. The van der Waals surface area contributed by atoms with E-state index < -0.39 is 29.1 Å². The molecule has 3 rings (SSSR count). The topological polar surface area (TPSA) is 87.0 Å². The fourth-order valence-electron chi connectivity index (χ4n) is 3.50. The van der Waals surface area contributed by atoms with Crippen LogP contribution in [0.25, 0.3) is 0 Å². The van der Waals surface area contributed by atoms with Crippen molar-refractivity contribution >= 4 is 45.0 Å². The van der Waals surface area contributed by atoms with E-state index in [2.05, 4.69) is 21.0 Å². The molecular weight excluding hydrogens is 448 g/mol. The van der Waals surface area contributed by atoms with Gasteiger partial charge in [-0.1, -0.05) is 67.0 Å². The van der Waals surface area contributed by atoms with Gasteiger partial charge in [-0.15, -0.1) is 0 Å². The number of carboxylic acids is 1. The Morgan fingerprint density at radius 2 is 1.70 bits per heavy atom. The van der Waals surface area contributed by atoms with E-state index in [-0.39, 0.29) is 12.2 Å². The zero-order chi connectivity index (χ0) is 22.1. The molecular formula is C23H23BrN2O4. The van der Waals surface area contributed by atoms with E-state index in [0.717, 1.165) is 4.47 Å². The van der Waals surface area contributed by atoms with Crippen molar-refractivity contribution in [3.05, 3.63) is 64.6 Å². The fourth-order valence-corrected chi connectivity index (χ4v) is 3.77. The number of para-hydroxylation sites is 1. The number of rotatable bonds is 6. The van der Waals surface area contributed by atoms with Gasteiger partial charge in [-0.25, -0.2) is 5.01 Å². The smallest absolute Gasteiger partial charge is 0.308 e. The Morgan fingerprint density at radius 1 is 1.10 bits per heavy atom. The van der Waals surface area contributed by atoms with Gasteiger partial charge in [-0.05, 0) is 24.3 Å². The second-order valence-electron chi connectivity index (χ2n) is 8.28. The van der Waals surface area contributed by atoms with E-state index in [1.54, 1.807) is 48.5 Å². The van der Waals surface area contributed by atoms with Gasteiger partial charge in [0.1, 0.15) is 0 Å². The van der Waals surface area contributed by atoms with Gasteiger partial charge in [0.05, 0.1) is 23.2 Å². The summed E-state index contributed by atoms with van der Waals surface area (Å²) in [5.41, 5.74) is 0.893. The SMILES string of the molecule is CC(C)(C)C1=NN(c2ccccc2)C(=O)C1C(CC(=O)c1ccc(Br)cc1)C(=O)O. The first-order valence-electron chi connectivity index (χ1n) is 9.59. The zero-order valence-electron chi connectivity index (χ0n) is 17.0. The van der Waals surface area contributed by atoms with Crippen LogP contribution in [0.15, 0.2) is 64.2 Å². The van der Waals surface area contributed by atoms with Crippen LogP contribution in [0.1, 0.15) is 37.6 Å². The van der Waals surface area contributed by atoms with Crippen LogP contribution in [0.3, 0.4) is 0 Å². The van der Waals surface area contributed by atoms with Gasteiger partial charge in [0.25, 0.3) is 5.91 Å². The Hall–Kier alpha value is -2.80. The molecule has 0 aliphatic carbocycles. The highest BCUT2D eigenvalue weighted by Crippen LogP contribution is 2.37. The number of carbonyl (C=O) groups is 3. The summed E-state index contributed by atoms with van der Waals surface area (Å²) in [7, 11) is 0. The maximum Gasteiger partial charge on any atom is 0.308 e. The van der Waals surface area contributed by atoms with Crippen LogP contribution in [-0.4, -0.2) is 28.5 Å². The molecule has 6 nitrogen and oxygen atoms in total. The van der Waals surface area contributed by atoms with Crippen LogP contribution in [0.2, 0.25) is 0 Å². The number of hydrogen-bond donors (Lipinski definition) is 1. The minimum atomic E-state index is -1.21. The standard InChI is InChI=1S/C23H23BrN2O4/c1-23(2,3)20-19(21(28)26(25-20)16-7-5-4-6-8-16)17(22(29)30)13-18(27)14-9-11-15(24)12-10-14/h4-12,17,19H,13H2,1-3H3,(H,29,30). The molecule has 2 unspecified atom stereocenters. The molecule has 1 amide bonds. The molecule has 7 heteroatoms. The first kappa shape index (κ1) is 21.9. The lowest BCUT2D eigenvalue weighted by Gasteiger charge is -2.26. The van der Waals surface area contributed by atoms with Crippen LogP contribution in [0.5, 0.6) is 0 Å². The molecule has 1 aliphatic heterocycles. The van der Waals surface area contributed by atoms with Gasteiger partial charge in [0.15, 0.2) is 5.78 Å². The third kappa shape index (κ3) is 4.51. The number of hydrazone groups is 1. The molecule has 0 radical (unpaired) electrons. The van der Waals surface area contributed by atoms with Gasteiger partial charge in [-0.3, -0.25) is 14.4 Å². The van der Waals surface area contributed by atoms with Crippen molar-refractivity contribution in [3.8, 4) is 0 Å². The van der Waals surface area contributed by atoms with Crippen LogP contribution >= 0.6 is 15.9 Å². The number of nitrogens with zero attached hydrogens (tertiary/aromatic N) is 2. The molecule has 1 heterocycles. The van der Waals surface area contributed by atoms with E-state index in [4.69, 9.17) is 0 Å². The molecule has 0 bridgehead atoms. The summed E-state index contributed by atoms with van der Waals surface area (Å²) in [5, 5.41) is 15.7. The van der Waals surface area contributed by atoms with E-state index >= 15 is 0 Å². The summed E-state index contributed by atoms with van der Waals surface area (Å²) in [6.07, 6.45) is -0.287.